The van der Waals surface area contributed by atoms with E-state index in [-0.39, 0.29) is 27.6 Å². The minimum Gasteiger partial charge on any atom is -0.462 e. The molecule has 3 N–H and O–H groups in total. The number of nitrogen functional groups attached to an aromatic ring is 1. The van der Waals surface area contributed by atoms with Gasteiger partial charge in [-0.25, -0.2) is 17.9 Å². The number of nitrogens with zero attached hydrogens (tertiary/aromatic N) is 1. The Morgan fingerprint density at radius 1 is 1.27 bits per heavy atom. The molecule has 158 valence electrons. The lowest BCUT2D eigenvalue weighted by molar-refractivity contribution is -0.143. The summed E-state index contributed by atoms with van der Waals surface area (Å²) in [5, 5.41) is 10.3. The molecule has 2 rings (SSSR count). The van der Waals surface area contributed by atoms with Gasteiger partial charge in [-0.05, 0) is 18.6 Å². The molecule has 1 aromatic carbocycles. The number of thiophene rings is 1. The standard InChI is InChI=1S/C19H19N3O6S2/c1-2-27-19(24)17-15(14(10-20)18(21)29-17)12-28-16(23)11-22-30(25,26)9-8-13-6-4-3-5-7-13/h3-9,22H,2,11-12,21H2,1H3. The third-order valence-electron chi connectivity index (χ3n) is 3.64. The van der Waals surface area contributed by atoms with Gasteiger partial charge in [0.1, 0.15) is 29.1 Å². The van der Waals surface area contributed by atoms with Gasteiger partial charge >= 0.3 is 11.9 Å². The first-order chi connectivity index (χ1) is 14.3. The molecule has 11 heteroatoms. The Morgan fingerprint density at radius 3 is 2.60 bits per heavy atom. The average Bonchev–Trinajstić information content (AvgIpc) is 3.05. The highest BCUT2D eigenvalue weighted by Gasteiger charge is 2.24. The van der Waals surface area contributed by atoms with Gasteiger partial charge in [-0.3, -0.25) is 4.79 Å². The molecule has 2 aromatic rings. The normalized spacial score (nSPS) is 11.2. The maximum absolute atomic E-state index is 12.0. The molecule has 0 saturated heterocycles. The zero-order chi connectivity index (χ0) is 22.1. The summed E-state index contributed by atoms with van der Waals surface area (Å²) in [6.45, 7) is 0.691. The number of nitrogens with one attached hydrogen (secondary N) is 1. The first-order valence-corrected chi connectivity index (χ1v) is 11.0. The monoisotopic (exact) mass is 449 g/mol. The molecule has 30 heavy (non-hydrogen) atoms. The van der Waals surface area contributed by atoms with E-state index in [0.717, 1.165) is 16.7 Å². The number of ether oxygens (including phenoxy) is 2. The Morgan fingerprint density at radius 2 is 1.97 bits per heavy atom. The van der Waals surface area contributed by atoms with Crippen molar-refractivity contribution in [1.29, 1.82) is 5.26 Å². The third-order valence-corrected chi connectivity index (χ3v) is 5.72. The van der Waals surface area contributed by atoms with Crippen LogP contribution in [0.3, 0.4) is 0 Å². The van der Waals surface area contributed by atoms with Crippen LogP contribution < -0.4 is 10.5 Å². The summed E-state index contributed by atoms with van der Waals surface area (Å²) in [7, 11) is -3.87. The van der Waals surface area contributed by atoms with Crippen LogP contribution in [0.5, 0.6) is 0 Å². The van der Waals surface area contributed by atoms with Crippen LogP contribution in [-0.4, -0.2) is 33.5 Å². The molecule has 9 nitrogen and oxygen atoms in total. The number of benzene rings is 1. The number of sulfonamides is 1. The molecule has 0 aliphatic carbocycles. The molecule has 0 amide bonds. The van der Waals surface area contributed by atoms with Crippen molar-refractivity contribution >= 4 is 44.4 Å². The fourth-order valence-electron chi connectivity index (χ4n) is 2.25. The Labute approximate surface area is 177 Å². The number of carbonyl (C=O) groups is 2. The van der Waals surface area contributed by atoms with Gasteiger partial charge in [0.25, 0.3) is 0 Å². The number of nitrogens with two attached hydrogens (primary N) is 1. The maximum atomic E-state index is 12.0. The van der Waals surface area contributed by atoms with Gasteiger partial charge in [0, 0.05) is 11.0 Å². The van der Waals surface area contributed by atoms with Crippen LogP contribution in [0.25, 0.3) is 6.08 Å². The fourth-order valence-corrected chi connectivity index (χ4v) is 3.92. The summed E-state index contributed by atoms with van der Waals surface area (Å²) in [4.78, 5) is 24.0. The molecule has 0 radical (unpaired) electrons. The number of rotatable bonds is 9. The van der Waals surface area contributed by atoms with Gasteiger partial charge in [-0.15, -0.1) is 11.3 Å². The minimum absolute atomic E-state index is 0.0160. The van der Waals surface area contributed by atoms with Crippen molar-refractivity contribution in [3.63, 3.8) is 0 Å². The summed E-state index contributed by atoms with van der Waals surface area (Å²) >= 11 is 0.856. The van der Waals surface area contributed by atoms with E-state index in [2.05, 4.69) is 4.72 Å². The number of anilines is 1. The van der Waals surface area contributed by atoms with E-state index in [1.165, 1.54) is 6.08 Å². The second-order valence-corrected chi connectivity index (χ2v) is 8.42. The molecule has 0 bridgehead atoms. The van der Waals surface area contributed by atoms with Crippen LogP contribution in [-0.2, 0) is 30.9 Å². The minimum atomic E-state index is -3.87. The summed E-state index contributed by atoms with van der Waals surface area (Å²) in [5.74, 6) is -1.58. The molecule has 0 atom stereocenters. The van der Waals surface area contributed by atoms with Crippen LogP contribution in [0, 0.1) is 11.3 Å². The van der Waals surface area contributed by atoms with Gasteiger partial charge in [-0.2, -0.15) is 5.26 Å². The van der Waals surface area contributed by atoms with Crippen molar-refractivity contribution < 1.29 is 27.5 Å². The molecule has 0 aliphatic rings. The number of esters is 2. The highest BCUT2D eigenvalue weighted by atomic mass is 32.2. The zero-order valence-electron chi connectivity index (χ0n) is 16.0. The summed E-state index contributed by atoms with van der Waals surface area (Å²) in [6.07, 6.45) is 1.38. The smallest absolute Gasteiger partial charge is 0.348 e. The second-order valence-electron chi connectivity index (χ2n) is 5.72. The fraction of sp³-hybridized carbons (Fsp3) is 0.211. The Hall–Kier alpha value is -3.20. The van der Waals surface area contributed by atoms with E-state index in [1.54, 1.807) is 37.3 Å². The SMILES string of the molecule is CCOC(=O)c1sc(N)c(C#N)c1COC(=O)CNS(=O)(=O)C=Cc1ccccc1. The molecular weight excluding hydrogens is 430 g/mol. The van der Waals surface area contributed by atoms with Gasteiger partial charge < -0.3 is 15.2 Å². The van der Waals surface area contributed by atoms with Crippen molar-refractivity contribution in [2.75, 3.05) is 18.9 Å². The molecule has 0 spiro atoms. The predicted molar refractivity (Wildman–Crippen MR) is 112 cm³/mol. The van der Waals surface area contributed by atoms with Gasteiger partial charge in [0.05, 0.1) is 12.2 Å². The Kier molecular flexibility index (Phi) is 8.11. The predicted octanol–water partition coefficient (Wildman–Crippen LogP) is 2.01. The summed E-state index contributed by atoms with van der Waals surface area (Å²) in [5.41, 5.74) is 6.56. The van der Waals surface area contributed by atoms with Crippen molar-refractivity contribution in [2.45, 2.75) is 13.5 Å². The largest absolute Gasteiger partial charge is 0.462 e. The van der Waals surface area contributed by atoms with E-state index in [4.69, 9.17) is 15.2 Å². The Bertz CT molecular complexity index is 1090. The molecule has 0 fully saturated rings. The Balaban J connectivity index is 1.99. The van der Waals surface area contributed by atoms with Crippen LogP contribution >= 0.6 is 11.3 Å². The first-order valence-electron chi connectivity index (χ1n) is 8.64. The van der Waals surface area contributed by atoms with Crippen LogP contribution in [0.15, 0.2) is 35.7 Å². The van der Waals surface area contributed by atoms with E-state index in [1.807, 2.05) is 6.07 Å². The van der Waals surface area contributed by atoms with Crippen molar-refractivity contribution in [2.24, 2.45) is 0 Å². The van der Waals surface area contributed by atoms with Gasteiger partial charge in [0.2, 0.25) is 10.0 Å². The van der Waals surface area contributed by atoms with Gasteiger partial charge in [0.15, 0.2) is 0 Å². The number of hydrogen-bond acceptors (Lipinski definition) is 9. The summed E-state index contributed by atoms with van der Waals surface area (Å²) < 4.78 is 36.0. The number of hydrogen-bond donors (Lipinski definition) is 2. The zero-order valence-corrected chi connectivity index (χ0v) is 17.6. The number of carbonyl (C=O) groups excluding carboxylic acids is 2. The first kappa shape index (κ1) is 23.1. The maximum Gasteiger partial charge on any atom is 0.348 e. The van der Waals surface area contributed by atoms with Gasteiger partial charge in [-0.1, -0.05) is 30.3 Å². The van der Waals surface area contributed by atoms with E-state index in [0.29, 0.717) is 5.56 Å². The number of nitriles is 1. The highest BCUT2D eigenvalue weighted by molar-refractivity contribution is 7.92. The second kappa shape index (κ2) is 10.5. The lowest BCUT2D eigenvalue weighted by Gasteiger charge is -2.07. The van der Waals surface area contributed by atoms with E-state index < -0.39 is 35.1 Å². The molecule has 1 heterocycles. The molecule has 0 unspecified atom stereocenters. The van der Waals surface area contributed by atoms with E-state index >= 15 is 0 Å². The highest BCUT2D eigenvalue weighted by Crippen LogP contribution is 2.31. The molecule has 0 saturated carbocycles. The lowest BCUT2D eigenvalue weighted by Crippen LogP contribution is -2.29. The van der Waals surface area contributed by atoms with Crippen molar-refractivity contribution in [3.05, 3.63) is 57.3 Å². The van der Waals surface area contributed by atoms with Crippen molar-refractivity contribution in [3.8, 4) is 6.07 Å². The van der Waals surface area contributed by atoms with Crippen LogP contribution in [0.4, 0.5) is 5.00 Å². The van der Waals surface area contributed by atoms with Crippen LogP contribution in [0.2, 0.25) is 0 Å². The lowest BCUT2D eigenvalue weighted by atomic mass is 10.1. The third kappa shape index (κ3) is 6.41. The quantitative estimate of drug-likeness (QED) is 0.552. The van der Waals surface area contributed by atoms with Crippen LogP contribution in [0.1, 0.15) is 33.3 Å². The van der Waals surface area contributed by atoms with Crippen molar-refractivity contribution in [1.82, 2.24) is 4.72 Å². The molecule has 0 aliphatic heterocycles. The topological polar surface area (TPSA) is 149 Å². The summed E-state index contributed by atoms with van der Waals surface area (Å²) in [6, 6.07) is 10.6. The average molecular weight is 450 g/mol. The molecule has 1 aromatic heterocycles. The molecular formula is C19H19N3O6S2. The van der Waals surface area contributed by atoms with E-state index in [9.17, 15) is 23.3 Å².